The second-order valence-electron chi connectivity index (χ2n) is 3.69. The van der Waals surface area contributed by atoms with Crippen LogP contribution in [0.15, 0.2) is 54.6 Å². The van der Waals surface area contributed by atoms with Gasteiger partial charge in [0.2, 0.25) is 0 Å². The van der Waals surface area contributed by atoms with Gasteiger partial charge in [-0.2, -0.15) is 0 Å². The van der Waals surface area contributed by atoms with Gasteiger partial charge < -0.3 is 10.0 Å². The van der Waals surface area contributed by atoms with Gasteiger partial charge in [0.1, 0.15) is 0 Å². The molecule has 0 bridgehead atoms. The molecule has 0 saturated carbocycles. The van der Waals surface area contributed by atoms with Crippen LogP contribution in [0.3, 0.4) is 0 Å². The molecular weight excluding hydrogens is 215 g/mol. The second-order valence-corrected chi connectivity index (χ2v) is 3.69. The standard InChI is InChI=1S/C13H11BO3/c15-13(10-4-2-1-3-5-10)11-6-8-12(9-7-11)14(16)17/h1-9,16-17H. The number of hydrogen-bond donors (Lipinski definition) is 2. The van der Waals surface area contributed by atoms with Crippen LogP contribution in [0.2, 0.25) is 0 Å². The van der Waals surface area contributed by atoms with E-state index in [1.54, 1.807) is 36.4 Å². The van der Waals surface area contributed by atoms with E-state index < -0.39 is 7.12 Å². The summed E-state index contributed by atoms with van der Waals surface area (Å²) in [7, 11) is -1.50. The summed E-state index contributed by atoms with van der Waals surface area (Å²) in [6.45, 7) is 0. The second kappa shape index (κ2) is 4.95. The van der Waals surface area contributed by atoms with Gasteiger partial charge >= 0.3 is 7.12 Å². The number of carbonyl (C=O) groups excluding carboxylic acids is 1. The van der Waals surface area contributed by atoms with Gasteiger partial charge in [0, 0.05) is 11.1 Å². The van der Waals surface area contributed by atoms with Crippen LogP contribution in [-0.4, -0.2) is 22.9 Å². The fraction of sp³-hybridized carbons (Fsp3) is 0. The SMILES string of the molecule is O=C(c1ccccc1)c1ccc(B(O)O)cc1. The lowest BCUT2D eigenvalue weighted by molar-refractivity contribution is 0.103. The number of rotatable bonds is 3. The maximum Gasteiger partial charge on any atom is 0.488 e. The smallest absolute Gasteiger partial charge is 0.423 e. The van der Waals surface area contributed by atoms with Crippen molar-refractivity contribution in [3.05, 3.63) is 65.7 Å². The van der Waals surface area contributed by atoms with Crippen molar-refractivity contribution >= 4 is 18.4 Å². The highest BCUT2D eigenvalue weighted by Crippen LogP contribution is 2.08. The van der Waals surface area contributed by atoms with Crippen LogP contribution in [0.1, 0.15) is 15.9 Å². The molecule has 2 rings (SSSR count). The number of benzene rings is 2. The first kappa shape index (κ1) is 11.6. The third-order valence-corrected chi connectivity index (χ3v) is 2.51. The van der Waals surface area contributed by atoms with Crippen molar-refractivity contribution in [3.8, 4) is 0 Å². The van der Waals surface area contributed by atoms with Crippen molar-refractivity contribution in [2.75, 3.05) is 0 Å². The van der Waals surface area contributed by atoms with E-state index in [4.69, 9.17) is 10.0 Å². The third kappa shape index (κ3) is 2.61. The molecule has 84 valence electrons. The lowest BCUT2D eigenvalue weighted by Crippen LogP contribution is -2.29. The lowest BCUT2D eigenvalue weighted by atomic mass is 9.80. The monoisotopic (exact) mass is 226 g/mol. The molecule has 2 aromatic carbocycles. The summed E-state index contributed by atoms with van der Waals surface area (Å²) in [5, 5.41) is 17.9. The first-order valence-corrected chi connectivity index (χ1v) is 5.24. The molecule has 0 spiro atoms. The highest BCUT2D eigenvalue weighted by Gasteiger charge is 2.12. The predicted octanol–water partition coefficient (Wildman–Crippen LogP) is 0.597. The van der Waals surface area contributed by atoms with Crippen LogP contribution in [0.25, 0.3) is 0 Å². The van der Waals surface area contributed by atoms with Crippen molar-refractivity contribution in [3.63, 3.8) is 0 Å². The zero-order valence-electron chi connectivity index (χ0n) is 9.08. The Labute approximate surface area is 99.5 Å². The summed E-state index contributed by atoms with van der Waals surface area (Å²) in [6, 6.07) is 15.2. The molecule has 0 amide bonds. The van der Waals surface area contributed by atoms with E-state index in [9.17, 15) is 4.79 Å². The molecular formula is C13H11BO3. The van der Waals surface area contributed by atoms with E-state index in [0.29, 0.717) is 16.6 Å². The highest BCUT2D eigenvalue weighted by molar-refractivity contribution is 6.58. The Morgan fingerprint density at radius 1 is 0.824 bits per heavy atom. The Morgan fingerprint density at radius 2 is 1.35 bits per heavy atom. The third-order valence-electron chi connectivity index (χ3n) is 2.51. The Bertz CT molecular complexity index is 506. The fourth-order valence-corrected chi connectivity index (χ4v) is 1.56. The molecule has 0 fully saturated rings. The van der Waals surface area contributed by atoms with Gasteiger partial charge in [0.15, 0.2) is 5.78 Å². The van der Waals surface area contributed by atoms with Gasteiger partial charge in [-0.3, -0.25) is 4.79 Å². The molecule has 0 aliphatic carbocycles. The zero-order chi connectivity index (χ0) is 12.3. The molecule has 2 aromatic rings. The summed E-state index contributed by atoms with van der Waals surface area (Å²) < 4.78 is 0. The molecule has 2 N–H and O–H groups in total. The zero-order valence-corrected chi connectivity index (χ0v) is 9.08. The average Bonchev–Trinajstić information content (AvgIpc) is 2.39. The van der Waals surface area contributed by atoms with Crippen molar-refractivity contribution < 1.29 is 14.8 Å². The Kier molecular flexibility index (Phi) is 3.37. The van der Waals surface area contributed by atoms with Crippen LogP contribution in [0, 0.1) is 0 Å². The minimum absolute atomic E-state index is 0.0791. The summed E-state index contributed by atoms with van der Waals surface area (Å²) in [4.78, 5) is 12.0. The number of ketones is 1. The van der Waals surface area contributed by atoms with Crippen LogP contribution in [0.4, 0.5) is 0 Å². The minimum atomic E-state index is -1.50. The quantitative estimate of drug-likeness (QED) is 0.595. The molecule has 0 aromatic heterocycles. The van der Waals surface area contributed by atoms with E-state index in [-0.39, 0.29) is 5.78 Å². The molecule has 17 heavy (non-hydrogen) atoms. The fourth-order valence-electron chi connectivity index (χ4n) is 1.56. The Balaban J connectivity index is 2.27. The summed E-state index contributed by atoms with van der Waals surface area (Å²) in [5.74, 6) is -0.0791. The minimum Gasteiger partial charge on any atom is -0.423 e. The Hall–Kier alpha value is -1.91. The molecule has 0 heterocycles. The van der Waals surface area contributed by atoms with Gasteiger partial charge in [0.05, 0.1) is 0 Å². The van der Waals surface area contributed by atoms with Crippen LogP contribution in [-0.2, 0) is 0 Å². The summed E-state index contributed by atoms with van der Waals surface area (Å²) >= 11 is 0. The molecule has 0 unspecified atom stereocenters. The van der Waals surface area contributed by atoms with E-state index in [2.05, 4.69) is 0 Å². The summed E-state index contributed by atoms with van der Waals surface area (Å²) in [5.41, 5.74) is 1.51. The number of carbonyl (C=O) groups is 1. The van der Waals surface area contributed by atoms with Gasteiger partial charge in [-0.1, -0.05) is 54.6 Å². The molecule has 4 heteroatoms. The molecule has 3 nitrogen and oxygen atoms in total. The summed E-state index contributed by atoms with van der Waals surface area (Å²) in [6.07, 6.45) is 0. The maximum atomic E-state index is 12.0. The van der Waals surface area contributed by atoms with Crippen LogP contribution >= 0.6 is 0 Å². The van der Waals surface area contributed by atoms with E-state index in [0.717, 1.165) is 0 Å². The molecule has 0 atom stereocenters. The van der Waals surface area contributed by atoms with E-state index in [1.807, 2.05) is 6.07 Å². The first-order chi connectivity index (χ1) is 8.18. The predicted molar refractivity (Wildman–Crippen MR) is 66.1 cm³/mol. The van der Waals surface area contributed by atoms with Gasteiger partial charge in [-0.15, -0.1) is 0 Å². The van der Waals surface area contributed by atoms with E-state index in [1.165, 1.54) is 12.1 Å². The average molecular weight is 226 g/mol. The van der Waals surface area contributed by atoms with Gasteiger partial charge in [-0.25, -0.2) is 0 Å². The Morgan fingerprint density at radius 3 is 1.88 bits per heavy atom. The van der Waals surface area contributed by atoms with Crippen molar-refractivity contribution in [2.24, 2.45) is 0 Å². The van der Waals surface area contributed by atoms with Crippen LogP contribution in [0.5, 0.6) is 0 Å². The normalized spacial score (nSPS) is 10.0. The highest BCUT2D eigenvalue weighted by atomic mass is 16.4. The topological polar surface area (TPSA) is 57.5 Å². The van der Waals surface area contributed by atoms with Gasteiger partial charge in [-0.05, 0) is 5.46 Å². The maximum absolute atomic E-state index is 12.0. The molecule has 0 radical (unpaired) electrons. The lowest BCUT2D eigenvalue weighted by Gasteiger charge is -2.03. The van der Waals surface area contributed by atoms with Crippen molar-refractivity contribution in [1.29, 1.82) is 0 Å². The van der Waals surface area contributed by atoms with Crippen LogP contribution < -0.4 is 5.46 Å². The largest absolute Gasteiger partial charge is 0.488 e. The number of hydrogen-bond acceptors (Lipinski definition) is 3. The first-order valence-electron chi connectivity index (χ1n) is 5.24. The molecule has 0 aliphatic heterocycles. The molecule has 0 aliphatic rings. The van der Waals surface area contributed by atoms with Crippen molar-refractivity contribution in [1.82, 2.24) is 0 Å². The molecule has 0 saturated heterocycles. The van der Waals surface area contributed by atoms with Gasteiger partial charge in [0.25, 0.3) is 0 Å². The van der Waals surface area contributed by atoms with Crippen molar-refractivity contribution in [2.45, 2.75) is 0 Å². The van der Waals surface area contributed by atoms with E-state index >= 15 is 0 Å².